The van der Waals surface area contributed by atoms with Crippen molar-refractivity contribution >= 4 is 22.8 Å². The van der Waals surface area contributed by atoms with Gasteiger partial charge in [-0.15, -0.1) is 0 Å². The summed E-state index contributed by atoms with van der Waals surface area (Å²) in [5, 5.41) is 0.590. The van der Waals surface area contributed by atoms with Crippen LogP contribution in [-0.4, -0.2) is 62.2 Å². The number of rotatable bonds is 6. The number of benzene rings is 2. The fourth-order valence-electron chi connectivity index (χ4n) is 5.43. The molecule has 10 heteroatoms. The first-order valence-electron chi connectivity index (χ1n) is 13.5. The van der Waals surface area contributed by atoms with Crippen molar-refractivity contribution in [1.82, 2.24) is 24.2 Å². The lowest BCUT2D eigenvalue weighted by molar-refractivity contribution is -0.129. The monoisotopic (exact) mass is 546 g/mol. The molecule has 210 valence electrons. The lowest BCUT2D eigenvalue weighted by Crippen LogP contribution is -2.53. The lowest BCUT2D eigenvalue weighted by Gasteiger charge is -2.39. The van der Waals surface area contributed by atoms with Crippen LogP contribution in [-0.2, 0) is 18.4 Å². The van der Waals surface area contributed by atoms with E-state index in [4.69, 9.17) is 9.72 Å². The van der Waals surface area contributed by atoms with Crippen molar-refractivity contribution in [1.29, 1.82) is 0 Å². The first-order valence-corrected chi connectivity index (χ1v) is 13.5. The number of ether oxygens (including phenoxy) is 1. The van der Waals surface area contributed by atoms with Gasteiger partial charge in [-0.1, -0.05) is 23.8 Å². The molecule has 2 aromatic heterocycles. The van der Waals surface area contributed by atoms with Gasteiger partial charge in [0, 0.05) is 63.9 Å². The van der Waals surface area contributed by atoms with E-state index in [1.54, 1.807) is 24.7 Å². The third kappa shape index (κ3) is 5.17. The van der Waals surface area contributed by atoms with E-state index >= 15 is 0 Å². The molecule has 2 aromatic carbocycles. The Bertz CT molecular complexity index is 1640. The van der Waals surface area contributed by atoms with Crippen LogP contribution in [0.3, 0.4) is 0 Å². The Morgan fingerprint density at radius 1 is 1.18 bits per heavy atom. The zero-order valence-corrected chi connectivity index (χ0v) is 23.8. The van der Waals surface area contributed by atoms with Crippen molar-refractivity contribution in [3.8, 4) is 16.9 Å². The molecule has 0 saturated carbocycles. The van der Waals surface area contributed by atoms with Gasteiger partial charge in [0.1, 0.15) is 5.75 Å². The maximum absolute atomic E-state index is 13.7. The molecule has 1 fully saturated rings. The number of piperazine rings is 1. The van der Waals surface area contributed by atoms with Gasteiger partial charge in [0.2, 0.25) is 18.2 Å². The van der Waals surface area contributed by atoms with Crippen LogP contribution in [0.1, 0.15) is 37.6 Å². The summed E-state index contributed by atoms with van der Waals surface area (Å²) in [6.45, 7) is 11.2. The van der Waals surface area contributed by atoms with Crippen LogP contribution < -0.4 is 15.2 Å². The number of aryl methyl sites for hydroxylation is 2. The molecule has 1 unspecified atom stereocenters. The van der Waals surface area contributed by atoms with E-state index in [0.29, 0.717) is 43.3 Å². The van der Waals surface area contributed by atoms with Crippen molar-refractivity contribution in [3.63, 3.8) is 0 Å². The highest BCUT2D eigenvalue weighted by Crippen LogP contribution is 2.29. The molecule has 0 N–H and O–H groups in total. The number of nitrogens with zero attached hydrogens (tertiary/aromatic N) is 6. The molecular weight excluding hydrogens is 511 g/mol. The van der Waals surface area contributed by atoms with E-state index in [1.807, 2.05) is 60.0 Å². The van der Waals surface area contributed by atoms with Crippen LogP contribution in [0, 0.1) is 13.8 Å². The number of anilines is 1. The Hall–Kier alpha value is -4.21. The average molecular weight is 547 g/mol. The first kappa shape index (κ1) is 27.4. The second-order valence-corrected chi connectivity index (χ2v) is 10.6. The molecule has 9 nitrogen and oxygen atoms in total. The summed E-state index contributed by atoms with van der Waals surface area (Å²) in [5.41, 5.74) is 5.02. The summed E-state index contributed by atoms with van der Waals surface area (Å²) < 4.78 is 22.6. The standard InChI is InChI=1S/C30H35FN6O3/c1-18-7-10-28(40-21(4)31)24(13-18)17-37-27-14-23(8-9-25(27)29(39)34(37)6)26-15-32-30(33-20(26)3)36-12-11-35(22(5)38)16-19(36)2/h7-10,13-15,19,21H,11-12,16-17H2,1-6H3/t19-,21?/m1/s1. The van der Waals surface area contributed by atoms with Crippen molar-refractivity contribution in [2.45, 2.75) is 53.6 Å². The van der Waals surface area contributed by atoms with E-state index in [9.17, 15) is 14.0 Å². The molecule has 40 heavy (non-hydrogen) atoms. The van der Waals surface area contributed by atoms with Gasteiger partial charge in [-0.25, -0.2) is 14.4 Å². The highest BCUT2D eigenvalue weighted by molar-refractivity contribution is 5.85. The van der Waals surface area contributed by atoms with Crippen molar-refractivity contribution in [2.24, 2.45) is 7.05 Å². The number of aromatic nitrogens is 4. The molecule has 0 aliphatic carbocycles. The lowest BCUT2D eigenvalue weighted by atomic mass is 10.0. The summed E-state index contributed by atoms with van der Waals surface area (Å²) in [7, 11) is 1.73. The Balaban J connectivity index is 1.50. The highest BCUT2D eigenvalue weighted by Gasteiger charge is 2.27. The second kappa shape index (κ2) is 10.7. The van der Waals surface area contributed by atoms with E-state index in [-0.39, 0.29) is 17.5 Å². The van der Waals surface area contributed by atoms with Gasteiger partial charge in [0.25, 0.3) is 5.56 Å². The van der Waals surface area contributed by atoms with Crippen LogP contribution >= 0.6 is 0 Å². The van der Waals surface area contributed by atoms with Gasteiger partial charge in [-0.05, 0) is 44.5 Å². The Morgan fingerprint density at radius 3 is 2.62 bits per heavy atom. The summed E-state index contributed by atoms with van der Waals surface area (Å²) >= 11 is 0. The van der Waals surface area contributed by atoms with Crippen LogP contribution in [0.2, 0.25) is 0 Å². The molecule has 0 bridgehead atoms. The number of carbonyl (C=O) groups is 1. The topological polar surface area (TPSA) is 85.5 Å². The zero-order valence-electron chi connectivity index (χ0n) is 23.8. The molecule has 2 atom stereocenters. The van der Waals surface area contributed by atoms with Crippen molar-refractivity contribution in [2.75, 3.05) is 24.5 Å². The minimum Gasteiger partial charge on any atom is -0.460 e. The Labute approximate surface area is 232 Å². The maximum atomic E-state index is 13.7. The van der Waals surface area contributed by atoms with Crippen LogP contribution in [0.15, 0.2) is 47.4 Å². The quantitative estimate of drug-likeness (QED) is 0.360. The first-order chi connectivity index (χ1) is 19.0. The van der Waals surface area contributed by atoms with Gasteiger partial charge in [0.15, 0.2) is 0 Å². The average Bonchev–Trinajstić information content (AvgIpc) is 3.14. The number of hydrogen-bond acceptors (Lipinski definition) is 6. The summed E-state index contributed by atoms with van der Waals surface area (Å²) in [4.78, 5) is 38.4. The van der Waals surface area contributed by atoms with Crippen molar-refractivity contribution < 1.29 is 13.9 Å². The fraction of sp³-hybridized carbons (Fsp3) is 0.400. The van der Waals surface area contributed by atoms with Crippen molar-refractivity contribution in [3.05, 3.63) is 69.8 Å². The van der Waals surface area contributed by atoms with E-state index in [1.165, 1.54) is 6.92 Å². The van der Waals surface area contributed by atoms with Crippen LogP contribution in [0.5, 0.6) is 5.75 Å². The molecule has 4 aromatic rings. The van der Waals surface area contributed by atoms with Gasteiger partial charge < -0.3 is 14.5 Å². The molecule has 1 amide bonds. The van der Waals surface area contributed by atoms with E-state index in [0.717, 1.165) is 33.5 Å². The SMILES string of the molecule is CC(=O)N1CCN(c2ncc(-c3ccc4c(=O)n(C)n(Cc5cc(C)ccc5OC(C)F)c4c3)c(C)n2)[C@H](C)C1. The number of carbonyl (C=O) groups excluding carboxylic acids is 1. The van der Waals surface area contributed by atoms with Crippen LogP contribution in [0.25, 0.3) is 22.0 Å². The number of halogens is 1. The molecule has 3 heterocycles. The predicted octanol–water partition coefficient (Wildman–Crippen LogP) is 4.21. The van der Waals surface area contributed by atoms with Gasteiger partial charge in [-0.2, -0.15) is 0 Å². The van der Waals surface area contributed by atoms with Gasteiger partial charge in [-0.3, -0.25) is 19.0 Å². The number of amides is 1. The van der Waals surface area contributed by atoms with Gasteiger partial charge >= 0.3 is 0 Å². The van der Waals surface area contributed by atoms with Crippen LogP contribution in [0.4, 0.5) is 10.3 Å². The summed E-state index contributed by atoms with van der Waals surface area (Å²) in [5.74, 6) is 1.17. The minimum atomic E-state index is -1.45. The maximum Gasteiger partial charge on any atom is 0.274 e. The fourth-order valence-corrected chi connectivity index (χ4v) is 5.43. The summed E-state index contributed by atoms with van der Waals surface area (Å²) in [6, 6.07) is 11.4. The third-order valence-electron chi connectivity index (χ3n) is 7.60. The number of alkyl halides is 1. The molecule has 5 rings (SSSR count). The molecule has 1 aliphatic rings. The Kier molecular flexibility index (Phi) is 7.35. The molecular formula is C30H35FN6O3. The second-order valence-electron chi connectivity index (χ2n) is 10.6. The summed E-state index contributed by atoms with van der Waals surface area (Å²) in [6.07, 6.45) is 0.369. The molecule has 1 saturated heterocycles. The number of fused-ring (bicyclic) bond motifs is 1. The van der Waals surface area contributed by atoms with E-state index < -0.39 is 6.36 Å². The molecule has 0 radical (unpaired) electrons. The highest BCUT2D eigenvalue weighted by atomic mass is 19.1. The molecule has 0 spiro atoms. The minimum absolute atomic E-state index is 0.0804. The zero-order chi connectivity index (χ0) is 28.7. The normalized spacial score (nSPS) is 16.4. The number of hydrogen-bond donors (Lipinski definition) is 0. The smallest absolute Gasteiger partial charge is 0.274 e. The molecule has 1 aliphatic heterocycles. The largest absolute Gasteiger partial charge is 0.460 e. The van der Waals surface area contributed by atoms with E-state index in [2.05, 4.69) is 16.8 Å². The predicted molar refractivity (Wildman–Crippen MR) is 153 cm³/mol. The Morgan fingerprint density at radius 2 is 1.95 bits per heavy atom. The third-order valence-corrected chi connectivity index (χ3v) is 7.60. The van der Waals surface area contributed by atoms with Gasteiger partial charge in [0.05, 0.1) is 23.1 Å².